The molecule has 1 unspecified atom stereocenters. The number of carbonyl (C=O) groups is 3. The van der Waals surface area contributed by atoms with Crippen LogP contribution in [0.3, 0.4) is 0 Å². The predicted molar refractivity (Wildman–Crippen MR) is 279 cm³/mol. The summed E-state index contributed by atoms with van der Waals surface area (Å²) >= 11 is 0. The summed E-state index contributed by atoms with van der Waals surface area (Å²) in [4.78, 5) is 38.0. The van der Waals surface area contributed by atoms with Crippen molar-refractivity contribution in [1.82, 2.24) is 0 Å². The van der Waals surface area contributed by atoms with E-state index < -0.39 is 6.10 Å². The van der Waals surface area contributed by atoms with Crippen LogP contribution in [0.15, 0.2) is 24.3 Å². The molecule has 0 bridgehead atoms. The molecule has 65 heavy (non-hydrogen) atoms. The van der Waals surface area contributed by atoms with Gasteiger partial charge >= 0.3 is 17.9 Å². The van der Waals surface area contributed by atoms with Gasteiger partial charge in [0.25, 0.3) is 0 Å². The summed E-state index contributed by atoms with van der Waals surface area (Å²) in [5, 5.41) is 0. The van der Waals surface area contributed by atoms with E-state index in [-0.39, 0.29) is 31.1 Å². The smallest absolute Gasteiger partial charge is 0.306 e. The fourth-order valence-electron chi connectivity index (χ4n) is 8.59. The molecule has 0 fully saturated rings. The molecule has 0 radical (unpaired) electrons. The average molecular weight is 916 g/mol. The van der Waals surface area contributed by atoms with Crippen LogP contribution in [0.4, 0.5) is 0 Å². The zero-order valence-electron chi connectivity index (χ0n) is 43.8. The Morgan fingerprint density at radius 2 is 0.554 bits per heavy atom. The van der Waals surface area contributed by atoms with Gasteiger partial charge in [0, 0.05) is 19.3 Å². The maximum absolute atomic E-state index is 12.8. The van der Waals surface area contributed by atoms with Crippen LogP contribution < -0.4 is 0 Å². The molecule has 0 saturated heterocycles. The highest BCUT2D eigenvalue weighted by Crippen LogP contribution is 2.17. The van der Waals surface area contributed by atoms with Crippen LogP contribution in [0, 0.1) is 0 Å². The van der Waals surface area contributed by atoms with Crippen molar-refractivity contribution < 1.29 is 28.6 Å². The molecule has 6 nitrogen and oxygen atoms in total. The van der Waals surface area contributed by atoms with E-state index in [0.717, 1.165) is 64.2 Å². The van der Waals surface area contributed by atoms with Crippen molar-refractivity contribution in [2.24, 2.45) is 0 Å². The monoisotopic (exact) mass is 915 g/mol. The molecule has 0 aliphatic carbocycles. The second-order valence-corrected chi connectivity index (χ2v) is 19.6. The lowest BCUT2D eigenvalue weighted by Crippen LogP contribution is -2.30. The van der Waals surface area contributed by atoms with Gasteiger partial charge < -0.3 is 14.2 Å². The van der Waals surface area contributed by atoms with Crippen LogP contribution >= 0.6 is 0 Å². The molecule has 0 aliphatic rings. The molecule has 0 N–H and O–H groups in total. The largest absolute Gasteiger partial charge is 0.462 e. The molecule has 0 saturated carbocycles. The average Bonchev–Trinajstić information content (AvgIpc) is 3.30. The molecule has 6 heteroatoms. The third-order valence-corrected chi connectivity index (χ3v) is 13.0. The lowest BCUT2D eigenvalue weighted by molar-refractivity contribution is -0.167. The second kappa shape index (κ2) is 54.5. The van der Waals surface area contributed by atoms with Crippen LogP contribution in [-0.4, -0.2) is 37.2 Å². The number of carbonyl (C=O) groups excluding carboxylic acids is 3. The molecular formula is C59H110O6. The van der Waals surface area contributed by atoms with E-state index in [9.17, 15) is 14.4 Å². The highest BCUT2D eigenvalue weighted by Gasteiger charge is 2.19. The van der Waals surface area contributed by atoms with Crippen molar-refractivity contribution in [3.63, 3.8) is 0 Å². The summed E-state index contributed by atoms with van der Waals surface area (Å²) < 4.78 is 16.8. The van der Waals surface area contributed by atoms with Gasteiger partial charge in [0.1, 0.15) is 13.2 Å². The van der Waals surface area contributed by atoms with E-state index in [2.05, 4.69) is 45.1 Å². The Kier molecular flexibility index (Phi) is 52.7. The van der Waals surface area contributed by atoms with Crippen molar-refractivity contribution >= 4 is 17.9 Å². The summed E-state index contributed by atoms with van der Waals surface area (Å²) in [5.74, 6) is -0.850. The number of hydrogen-bond donors (Lipinski definition) is 0. The first-order valence-electron chi connectivity index (χ1n) is 28.8. The molecule has 0 aromatic heterocycles. The highest BCUT2D eigenvalue weighted by molar-refractivity contribution is 5.71. The Morgan fingerprint density at radius 3 is 0.846 bits per heavy atom. The Balaban J connectivity index is 4.22. The van der Waals surface area contributed by atoms with Gasteiger partial charge in [0.15, 0.2) is 6.10 Å². The van der Waals surface area contributed by atoms with Gasteiger partial charge in [-0.05, 0) is 51.4 Å². The summed E-state index contributed by atoms with van der Waals surface area (Å²) in [5.41, 5.74) is 0. The van der Waals surface area contributed by atoms with Crippen molar-refractivity contribution in [3.8, 4) is 0 Å². The minimum atomic E-state index is -0.765. The normalized spacial score (nSPS) is 12.1. The summed E-state index contributed by atoms with van der Waals surface area (Å²) in [7, 11) is 0. The Hall–Kier alpha value is -2.11. The fraction of sp³-hybridized carbons (Fsp3) is 0.881. The number of ether oxygens (including phenoxy) is 3. The molecule has 0 heterocycles. The van der Waals surface area contributed by atoms with Gasteiger partial charge in [0.2, 0.25) is 0 Å². The molecule has 0 amide bonds. The molecule has 382 valence electrons. The summed E-state index contributed by atoms with van der Waals surface area (Å²) in [6.07, 6.45) is 63.1. The quantitative estimate of drug-likeness (QED) is 0.0262. The van der Waals surface area contributed by atoms with Crippen molar-refractivity contribution in [3.05, 3.63) is 24.3 Å². The number of unbranched alkanes of at least 4 members (excludes halogenated alkanes) is 38. The second-order valence-electron chi connectivity index (χ2n) is 19.6. The number of allylic oxidation sites excluding steroid dienone is 4. The lowest BCUT2D eigenvalue weighted by atomic mass is 10.0. The van der Waals surface area contributed by atoms with Gasteiger partial charge in [0.05, 0.1) is 0 Å². The lowest BCUT2D eigenvalue weighted by Gasteiger charge is -2.18. The standard InChI is InChI=1S/C59H110O6/c1-4-7-10-13-16-19-22-24-25-26-27-28-29-30-31-32-33-35-37-40-43-46-49-52-58(61)64-55-56(54-63-57(60)51-48-45-42-39-36-21-18-15-12-9-6-3)65-59(62)53-50-47-44-41-38-34-23-20-17-14-11-8-5-2/h22,24,26-27,56H,4-21,23,25,28-55H2,1-3H3/b24-22-,27-26-. The zero-order valence-corrected chi connectivity index (χ0v) is 43.8. The Morgan fingerprint density at radius 1 is 0.308 bits per heavy atom. The van der Waals surface area contributed by atoms with E-state index in [1.54, 1.807) is 0 Å². The molecular weight excluding hydrogens is 805 g/mol. The molecule has 0 aliphatic heterocycles. The molecule has 0 rings (SSSR count). The summed E-state index contributed by atoms with van der Waals surface area (Å²) in [6, 6.07) is 0. The third-order valence-electron chi connectivity index (χ3n) is 13.0. The van der Waals surface area contributed by atoms with Crippen LogP contribution in [0.5, 0.6) is 0 Å². The number of hydrogen-bond acceptors (Lipinski definition) is 6. The molecule has 0 aromatic rings. The molecule has 0 spiro atoms. The van der Waals surface area contributed by atoms with E-state index >= 15 is 0 Å². The SMILES string of the molecule is CCCCCCC/C=C\C/C=C\CCCCCCCCCCCCCC(=O)OCC(COC(=O)CCCCCCCCCCCCC)OC(=O)CCCCCCCCCCCCCCC. The van der Waals surface area contributed by atoms with E-state index in [4.69, 9.17) is 14.2 Å². The minimum absolute atomic E-state index is 0.0662. The van der Waals surface area contributed by atoms with Crippen LogP contribution in [0.1, 0.15) is 316 Å². The van der Waals surface area contributed by atoms with Crippen molar-refractivity contribution in [2.75, 3.05) is 13.2 Å². The first-order valence-corrected chi connectivity index (χ1v) is 28.8. The maximum atomic E-state index is 12.8. The zero-order chi connectivity index (χ0) is 47.2. The fourth-order valence-corrected chi connectivity index (χ4v) is 8.59. The highest BCUT2D eigenvalue weighted by atomic mass is 16.6. The topological polar surface area (TPSA) is 78.9 Å². The van der Waals surface area contributed by atoms with E-state index in [1.165, 1.54) is 212 Å². The van der Waals surface area contributed by atoms with Crippen LogP contribution in [0.25, 0.3) is 0 Å². The van der Waals surface area contributed by atoms with Crippen LogP contribution in [0.2, 0.25) is 0 Å². The van der Waals surface area contributed by atoms with Gasteiger partial charge in [-0.2, -0.15) is 0 Å². The maximum Gasteiger partial charge on any atom is 0.306 e. The van der Waals surface area contributed by atoms with Gasteiger partial charge in [-0.3, -0.25) is 14.4 Å². The minimum Gasteiger partial charge on any atom is -0.462 e. The Bertz CT molecular complexity index is 1050. The van der Waals surface area contributed by atoms with Crippen molar-refractivity contribution in [2.45, 2.75) is 322 Å². The van der Waals surface area contributed by atoms with E-state index in [0.29, 0.717) is 19.3 Å². The summed E-state index contributed by atoms with van der Waals surface area (Å²) in [6.45, 7) is 6.66. The molecule has 0 aromatic carbocycles. The number of rotatable bonds is 53. The first-order chi connectivity index (χ1) is 32.0. The van der Waals surface area contributed by atoms with E-state index in [1.807, 2.05) is 0 Å². The van der Waals surface area contributed by atoms with Crippen molar-refractivity contribution in [1.29, 1.82) is 0 Å². The van der Waals surface area contributed by atoms with Crippen LogP contribution in [-0.2, 0) is 28.6 Å². The third kappa shape index (κ3) is 52.7. The van der Waals surface area contributed by atoms with Gasteiger partial charge in [-0.25, -0.2) is 0 Å². The van der Waals surface area contributed by atoms with Gasteiger partial charge in [-0.15, -0.1) is 0 Å². The van der Waals surface area contributed by atoms with Gasteiger partial charge in [-0.1, -0.05) is 270 Å². The molecule has 1 atom stereocenters. The first kappa shape index (κ1) is 62.9. The predicted octanol–water partition coefficient (Wildman–Crippen LogP) is 19.1. The Labute approximate surface area is 404 Å². The number of esters is 3.